The van der Waals surface area contributed by atoms with Crippen molar-refractivity contribution in [2.24, 2.45) is 0 Å². The Labute approximate surface area is 170 Å². The van der Waals surface area contributed by atoms with Gasteiger partial charge in [-0.05, 0) is 30.5 Å². The molecule has 29 heavy (non-hydrogen) atoms. The average molecular weight is 395 g/mol. The second-order valence-electron chi connectivity index (χ2n) is 6.45. The van der Waals surface area contributed by atoms with Gasteiger partial charge < -0.3 is 24.3 Å². The molecule has 6 heteroatoms. The number of carbonyl (C=O) groups is 1. The quantitative estimate of drug-likeness (QED) is 0.626. The van der Waals surface area contributed by atoms with Gasteiger partial charge in [-0.1, -0.05) is 36.4 Å². The van der Waals surface area contributed by atoms with Gasteiger partial charge in [0.25, 0.3) is 5.91 Å². The van der Waals surface area contributed by atoms with Crippen molar-refractivity contribution in [2.45, 2.75) is 19.6 Å². The number of rotatable bonds is 8. The average Bonchev–Trinajstić information content (AvgIpc) is 2.76. The number of benzene rings is 3. The highest BCUT2D eigenvalue weighted by molar-refractivity contribution is 5.89. The molecule has 0 heterocycles. The Morgan fingerprint density at radius 1 is 0.862 bits per heavy atom. The van der Waals surface area contributed by atoms with Crippen LogP contribution >= 0.6 is 0 Å². The lowest BCUT2D eigenvalue weighted by atomic mass is 10.1. The molecule has 0 aliphatic carbocycles. The van der Waals surface area contributed by atoms with E-state index in [1.165, 1.54) is 0 Å². The normalized spacial score (nSPS) is 11.6. The molecule has 1 amide bonds. The fourth-order valence-electron chi connectivity index (χ4n) is 3.17. The van der Waals surface area contributed by atoms with Crippen LogP contribution in [0.15, 0.2) is 54.6 Å². The van der Waals surface area contributed by atoms with Crippen LogP contribution in [0.4, 0.5) is 0 Å². The predicted molar refractivity (Wildman–Crippen MR) is 112 cm³/mol. The summed E-state index contributed by atoms with van der Waals surface area (Å²) < 4.78 is 22.1. The monoisotopic (exact) mass is 395 g/mol. The number of amides is 1. The minimum atomic E-state index is -0.660. The van der Waals surface area contributed by atoms with Crippen LogP contribution in [0, 0.1) is 0 Å². The van der Waals surface area contributed by atoms with Crippen LogP contribution < -0.4 is 24.3 Å². The first-order valence-corrected chi connectivity index (χ1v) is 9.29. The second kappa shape index (κ2) is 9.19. The SMILES string of the molecule is COc1ccc(CNC(=O)[C@@H](C)Oc2cccc3ccccc23)c(OC)c1OC. The highest BCUT2D eigenvalue weighted by Gasteiger charge is 2.19. The van der Waals surface area contributed by atoms with Crippen LogP contribution in [-0.2, 0) is 11.3 Å². The van der Waals surface area contributed by atoms with E-state index < -0.39 is 6.10 Å². The van der Waals surface area contributed by atoms with E-state index >= 15 is 0 Å². The first kappa shape index (κ1) is 20.3. The number of hydrogen-bond acceptors (Lipinski definition) is 5. The lowest BCUT2D eigenvalue weighted by Crippen LogP contribution is -2.36. The summed E-state index contributed by atoms with van der Waals surface area (Å²) in [6.45, 7) is 1.99. The van der Waals surface area contributed by atoms with E-state index in [0.29, 0.717) is 23.0 Å². The Kier molecular flexibility index (Phi) is 6.44. The van der Waals surface area contributed by atoms with Gasteiger partial charge in [0.05, 0.1) is 21.3 Å². The summed E-state index contributed by atoms with van der Waals surface area (Å²) in [4.78, 5) is 12.6. The predicted octanol–water partition coefficient (Wildman–Crippen LogP) is 3.95. The van der Waals surface area contributed by atoms with E-state index in [2.05, 4.69) is 5.32 Å². The van der Waals surface area contributed by atoms with Gasteiger partial charge in [0.1, 0.15) is 5.75 Å². The number of carbonyl (C=O) groups excluding carboxylic acids is 1. The molecule has 6 nitrogen and oxygen atoms in total. The number of hydrogen-bond donors (Lipinski definition) is 1. The first-order valence-electron chi connectivity index (χ1n) is 9.29. The van der Waals surface area contributed by atoms with E-state index in [1.54, 1.807) is 34.3 Å². The Morgan fingerprint density at radius 2 is 1.59 bits per heavy atom. The van der Waals surface area contributed by atoms with E-state index in [9.17, 15) is 4.79 Å². The zero-order valence-corrected chi connectivity index (χ0v) is 17.0. The molecular weight excluding hydrogens is 370 g/mol. The van der Waals surface area contributed by atoms with Crippen LogP contribution in [0.3, 0.4) is 0 Å². The van der Waals surface area contributed by atoms with E-state index in [1.807, 2.05) is 48.5 Å². The number of methoxy groups -OCH3 is 3. The molecule has 1 N–H and O–H groups in total. The molecule has 3 aromatic rings. The van der Waals surface area contributed by atoms with Gasteiger partial charge in [0, 0.05) is 17.5 Å². The molecule has 0 spiro atoms. The minimum absolute atomic E-state index is 0.227. The van der Waals surface area contributed by atoms with Gasteiger partial charge in [0.2, 0.25) is 5.75 Å². The fourth-order valence-corrected chi connectivity index (χ4v) is 3.17. The molecule has 0 bridgehead atoms. The molecular formula is C23H25NO5. The lowest BCUT2D eigenvalue weighted by molar-refractivity contribution is -0.127. The van der Waals surface area contributed by atoms with Gasteiger partial charge in [0.15, 0.2) is 17.6 Å². The van der Waals surface area contributed by atoms with Gasteiger partial charge >= 0.3 is 0 Å². The summed E-state index contributed by atoms with van der Waals surface area (Å²) >= 11 is 0. The van der Waals surface area contributed by atoms with Crippen molar-refractivity contribution in [1.29, 1.82) is 0 Å². The maximum atomic E-state index is 12.6. The molecule has 0 saturated heterocycles. The largest absolute Gasteiger partial charge is 0.493 e. The van der Waals surface area contributed by atoms with Crippen molar-refractivity contribution >= 4 is 16.7 Å². The summed E-state index contributed by atoms with van der Waals surface area (Å²) in [6, 6.07) is 17.3. The Bertz CT molecular complexity index is 996. The number of nitrogens with one attached hydrogen (secondary N) is 1. The molecule has 3 aromatic carbocycles. The van der Waals surface area contributed by atoms with Crippen LogP contribution in [-0.4, -0.2) is 33.3 Å². The fraction of sp³-hybridized carbons (Fsp3) is 0.261. The molecule has 0 unspecified atom stereocenters. The van der Waals surface area contributed by atoms with Crippen LogP contribution in [0.5, 0.6) is 23.0 Å². The summed E-state index contributed by atoms with van der Waals surface area (Å²) in [6.07, 6.45) is -0.660. The maximum absolute atomic E-state index is 12.6. The molecule has 0 aliphatic rings. The highest BCUT2D eigenvalue weighted by Crippen LogP contribution is 2.39. The van der Waals surface area contributed by atoms with Crippen molar-refractivity contribution in [3.63, 3.8) is 0 Å². The third-order valence-electron chi connectivity index (χ3n) is 4.66. The summed E-state index contributed by atoms with van der Waals surface area (Å²) in [5.74, 6) is 2.02. The third-order valence-corrected chi connectivity index (χ3v) is 4.66. The van der Waals surface area contributed by atoms with Gasteiger partial charge in [-0.3, -0.25) is 4.79 Å². The van der Waals surface area contributed by atoms with Gasteiger partial charge in [-0.2, -0.15) is 0 Å². The Balaban J connectivity index is 1.71. The molecule has 0 radical (unpaired) electrons. The zero-order valence-electron chi connectivity index (χ0n) is 17.0. The molecule has 0 saturated carbocycles. The molecule has 3 rings (SSSR count). The van der Waals surface area contributed by atoms with Crippen LogP contribution in [0.1, 0.15) is 12.5 Å². The maximum Gasteiger partial charge on any atom is 0.261 e. The first-order chi connectivity index (χ1) is 14.1. The van der Waals surface area contributed by atoms with Gasteiger partial charge in [-0.25, -0.2) is 0 Å². The number of ether oxygens (including phenoxy) is 4. The Morgan fingerprint density at radius 3 is 2.31 bits per heavy atom. The molecule has 0 aliphatic heterocycles. The minimum Gasteiger partial charge on any atom is -0.493 e. The van der Waals surface area contributed by atoms with Crippen molar-refractivity contribution in [1.82, 2.24) is 5.32 Å². The zero-order chi connectivity index (χ0) is 20.8. The summed E-state index contributed by atoms with van der Waals surface area (Å²) in [5, 5.41) is 4.92. The topological polar surface area (TPSA) is 66.0 Å². The van der Waals surface area contributed by atoms with E-state index in [4.69, 9.17) is 18.9 Å². The summed E-state index contributed by atoms with van der Waals surface area (Å²) in [7, 11) is 4.66. The second-order valence-corrected chi connectivity index (χ2v) is 6.45. The van der Waals surface area contributed by atoms with E-state index in [0.717, 1.165) is 16.3 Å². The molecule has 152 valence electrons. The number of fused-ring (bicyclic) bond motifs is 1. The molecule has 0 fully saturated rings. The highest BCUT2D eigenvalue weighted by atomic mass is 16.5. The van der Waals surface area contributed by atoms with Gasteiger partial charge in [-0.15, -0.1) is 0 Å². The van der Waals surface area contributed by atoms with Crippen LogP contribution in [0.25, 0.3) is 10.8 Å². The molecule has 1 atom stereocenters. The van der Waals surface area contributed by atoms with Crippen LogP contribution in [0.2, 0.25) is 0 Å². The smallest absolute Gasteiger partial charge is 0.261 e. The third kappa shape index (κ3) is 4.37. The lowest BCUT2D eigenvalue weighted by Gasteiger charge is -2.18. The van der Waals surface area contributed by atoms with Crippen molar-refractivity contribution in [3.8, 4) is 23.0 Å². The standard InChI is InChI=1S/C23H25NO5/c1-15(29-19-11-7-9-16-8-5-6-10-18(16)19)23(25)24-14-17-12-13-20(26-2)22(28-4)21(17)27-3/h5-13,15H,14H2,1-4H3,(H,24,25)/t15-/m1/s1. The van der Waals surface area contributed by atoms with Crippen molar-refractivity contribution in [2.75, 3.05) is 21.3 Å². The Hall–Kier alpha value is -3.41. The molecule has 0 aromatic heterocycles. The summed E-state index contributed by atoms with van der Waals surface area (Å²) in [5.41, 5.74) is 0.774. The van der Waals surface area contributed by atoms with E-state index in [-0.39, 0.29) is 12.5 Å². The van der Waals surface area contributed by atoms with Crippen molar-refractivity contribution in [3.05, 3.63) is 60.2 Å². The van der Waals surface area contributed by atoms with Crippen molar-refractivity contribution < 1.29 is 23.7 Å².